The first-order valence-electron chi connectivity index (χ1n) is 9.10. The fraction of sp³-hybridized carbons (Fsp3) is 0.190. The molecule has 162 valence electrons. The number of ether oxygens (including phenoxy) is 3. The average molecular weight is 664 g/mol. The van der Waals surface area contributed by atoms with Gasteiger partial charge in [0.2, 0.25) is 0 Å². The van der Waals surface area contributed by atoms with Gasteiger partial charge in [0, 0.05) is 0 Å². The third kappa shape index (κ3) is 6.59. The zero-order chi connectivity index (χ0) is 22.4. The van der Waals surface area contributed by atoms with Crippen LogP contribution in [-0.4, -0.2) is 37.4 Å². The smallest absolute Gasteiger partial charge is 0.343 e. The fourth-order valence-electron chi connectivity index (χ4n) is 2.52. The van der Waals surface area contributed by atoms with Gasteiger partial charge in [-0.15, -0.1) is 0 Å². The highest BCUT2D eigenvalue weighted by atomic mass is 127. The summed E-state index contributed by atoms with van der Waals surface area (Å²) in [6, 6.07) is 11.1. The number of carbonyl (C=O) groups excluding carboxylic acids is 2. The first-order valence-corrected chi connectivity index (χ1v) is 12.1. The van der Waals surface area contributed by atoms with Gasteiger partial charge in [0.05, 0.1) is 31.4 Å². The average Bonchev–Trinajstić information content (AvgIpc) is 3.07. The maximum Gasteiger partial charge on any atom is 0.343 e. The lowest BCUT2D eigenvalue weighted by Gasteiger charge is -2.10. The standard InChI is InChI=1S/C21H18I2N2O5S/c1-3-29-14-6-4-13(5-7-14)24-21-25-20(27)17(31-21)10-12-8-15(22)19(16(23)9-12)30-11-18(26)28-2/h4-10H,3,11H2,1-2H3,(H,24,25,27)/b17-10+. The Hall–Kier alpha value is -1.80. The van der Waals surface area contributed by atoms with Crippen molar-refractivity contribution in [3.8, 4) is 11.5 Å². The van der Waals surface area contributed by atoms with Gasteiger partial charge >= 0.3 is 5.97 Å². The molecule has 0 saturated carbocycles. The molecule has 1 saturated heterocycles. The number of benzene rings is 2. The molecule has 0 bridgehead atoms. The number of aliphatic imine (C=N–C) groups is 1. The van der Waals surface area contributed by atoms with Gasteiger partial charge < -0.3 is 19.5 Å². The number of rotatable bonds is 7. The summed E-state index contributed by atoms with van der Waals surface area (Å²) in [5.74, 6) is 0.732. The van der Waals surface area contributed by atoms with E-state index in [2.05, 4.69) is 60.2 Å². The van der Waals surface area contributed by atoms with Gasteiger partial charge in [0.1, 0.15) is 11.5 Å². The molecule has 0 aromatic heterocycles. The van der Waals surface area contributed by atoms with Crippen molar-refractivity contribution in [1.29, 1.82) is 0 Å². The Labute approximate surface area is 211 Å². The van der Waals surface area contributed by atoms with Crippen LogP contribution in [0.4, 0.5) is 5.69 Å². The lowest BCUT2D eigenvalue weighted by Crippen LogP contribution is -2.19. The first kappa shape index (κ1) is 23.9. The molecule has 7 nitrogen and oxygen atoms in total. The number of thioether (sulfide) groups is 1. The second-order valence-corrected chi connectivity index (χ2v) is 9.44. The molecule has 0 unspecified atom stereocenters. The molecule has 3 rings (SSSR count). The van der Waals surface area contributed by atoms with Crippen molar-refractivity contribution in [1.82, 2.24) is 5.32 Å². The van der Waals surface area contributed by atoms with E-state index in [1.165, 1.54) is 18.9 Å². The Balaban J connectivity index is 1.74. The number of nitrogens with zero attached hydrogens (tertiary/aromatic N) is 1. The molecule has 31 heavy (non-hydrogen) atoms. The van der Waals surface area contributed by atoms with E-state index in [4.69, 9.17) is 9.47 Å². The third-order valence-corrected chi connectivity index (χ3v) is 6.42. The Bertz CT molecular complexity index is 1030. The van der Waals surface area contributed by atoms with Crippen LogP contribution in [-0.2, 0) is 14.3 Å². The highest BCUT2D eigenvalue weighted by Gasteiger charge is 2.24. The van der Waals surface area contributed by atoms with Gasteiger partial charge in [-0.3, -0.25) is 4.79 Å². The van der Waals surface area contributed by atoms with Crippen LogP contribution in [0.2, 0.25) is 0 Å². The molecule has 1 amide bonds. The number of esters is 1. The Morgan fingerprint density at radius 3 is 2.45 bits per heavy atom. The predicted molar refractivity (Wildman–Crippen MR) is 138 cm³/mol. The van der Waals surface area contributed by atoms with E-state index >= 15 is 0 Å². The molecule has 1 aliphatic heterocycles. The molecule has 1 heterocycles. The number of halogens is 2. The van der Waals surface area contributed by atoms with Crippen molar-refractivity contribution >= 4 is 85.8 Å². The highest BCUT2D eigenvalue weighted by molar-refractivity contribution is 14.1. The second kappa shape index (κ2) is 11.2. The van der Waals surface area contributed by atoms with Gasteiger partial charge in [-0.1, -0.05) is 0 Å². The minimum atomic E-state index is -0.448. The molecule has 0 atom stereocenters. The molecule has 1 fully saturated rings. The number of methoxy groups -OCH3 is 1. The van der Waals surface area contributed by atoms with Crippen molar-refractivity contribution in [3.05, 3.63) is 54.0 Å². The van der Waals surface area contributed by atoms with Crippen molar-refractivity contribution in [3.63, 3.8) is 0 Å². The quantitative estimate of drug-likeness (QED) is 0.262. The molecule has 10 heteroatoms. The number of carbonyl (C=O) groups is 2. The Morgan fingerprint density at radius 2 is 1.84 bits per heavy atom. The van der Waals surface area contributed by atoms with E-state index in [1.807, 2.05) is 43.3 Å². The van der Waals surface area contributed by atoms with Crippen LogP contribution in [0.1, 0.15) is 12.5 Å². The Kier molecular flexibility index (Phi) is 8.60. The van der Waals surface area contributed by atoms with E-state index < -0.39 is 5.97 Å². The summed E-state index contributed by atoms with van der Waals surface area (Å²) < 4.78 is 17.2. The predicted octanol–water partition coefficient (Wildman–Crippen LogP) is 4.74. The van der Waals surface area contributed by atoms with E-state index in [9.17, 15) is 9.59 Å². The van der Waals surface area contributed by atoms with Crippen molar-refractivity contribution in [2.24, 2.45) is 4.99 Å². The summed E-state index contributed by atoms with van der Waals surface area (Å²) in [4.78, 5) is 28.7. The molecule has 2 aromatic carbocycles. The highest BCUT2D eigenvalue weighted by Crippen LogP contribution is 2.33. The summed E-state index contributed by atoms with van der Waals surface area (Å²) in [7, 11) is 1.31. The number of hydrogen-bond acceptors (Lipinski definition) is 7. The monoisotopic (exact) mass is 664 g/mol. The molecular weight excluding hydrogens is 646 g/mol. The van der Waals surface area contributed by atoms with Gasteiger partial charge in [-0.05, 0) is 112 Å². The molecule has 0 radical (unpaired) electrons. The number of hydrogen-bond donors (Lipinski definition) is 1. The third-order valence-electron chi connectivity index (χ3n) is 3.91. The molecule has 2 aromatic rings. The summed E-state index contributed by atoms with van der Waals surface area (Å²) in [5.41, 5.74) is 1.57. The van der Waals surface area contributed by atoms with Gasteiger partial charge in [-0.2, -0.15) is 0 Å². The van der Waals surface area contributed by atoms with Crippen LogP contribution in [0.15, 0.2) is 46.3 Å². The topological polar surface area (TPSA) is 86.2 Å². The van der Waals surface area contributed by atoms with Crippen LogP contribution >= 0.6 is 56.9 Å². The van der Waals surface area contributed by atoms with Crippen LogP contribution in [0.5, 0.6) is 11.5 Å². The summed E-state index contributed by atoms with van der Waals surface area (Å²) >= 11 is 5.55. The largest absolute Gasteiger partial charge is 0.494 e. The number of amides is 1. The van der Waals surface area contributed by atoms with Crippen LogP contribution in [0.3, 0.4) is 0 Å². The zero-order valence-corrected chi connectivity index (χ0v) is 21.7. The van der Waals surface area contributed by atoms with Crippen molar-refractivity contribution in [2.75, 3.05) is 20.3 Å². The number of amidine groups is 1. The van der Waals surface area contributed by atoms with Gasteiger partial charge in [0.25, 0.3) is 5.91 Å². The van der Waals surface area contributed by atoms with Crippen molar-refractivity contribution < 1.29 is 23.8 Å². The summed E-state index contributed by atoms with van der Waals surface area (Å²) in [5, 5.41) is 3.30. The summed E-state index contributed by atoms with van der Waals surface area (Å²) in [6.45, 7) is 2.37. The molecule has 1 aliphatic rings. The minimum Gasteiger partial charge on any atom is -0.494 e. The van der Waals surface area contributed by atoms with Crippen molar-refractivity contribution in [2.45, 2.75) is 6.92 Å². The lowest BCUT2D eigenvalue weighted by atomic mass is 10.2. The fourth-order valence-corrected chi connectivity index (χ4v) is 5.49. The normalized spacial score (nSPS) is 15.8. The van der Waals surface area contributed by atoms with Crippen LogP contribution in [0, 0.1) is 7.14 Å². The molecule has 1 N–H and O–H groups in total. The van der Waals surface area contributed by atoms with Crippen LogP contribution in [0.25, 0.3) is 6.08 Å². The van der Waals surface area contributed by atoms with Gasteiger partial charge in [0.15, 0.2) is 11.8 Å². The Morgan fingerprint density at radius 1 is 1.16 bits per heavy atom. The lowest BCUT2D eigenvalue weighted by molar-refractivity contribution is -0.142. The summed E-state index contributed by atoms with van der Waals surface area (Å²) in [6.07, 6.45) is 1.80. The van der Waals surface area contributed by atoms with Crippen LogP contribution < -0.4 is 14.8 Å². The van der Waals surface area contributed by atoms with E-state index in [1.54, 1.807) is 6.08 Å². The maximum absolute atomic E-state index is 12.4. The van der Waals surface area contributed by atoms with Gasteiger partial charge in [-0.25, -0.2) is 9.79 Å². The maximum atomic E-state index is 12.4. The van der Waals surface area contributed by atoms with E-state index in [0.29, 0.717) is 22.4 Å². The zero-order valence-electron chi connectivity index (χ0n) is 16.6. The van der Waals surface area contributed by atoms with E-state index in [-0.39, 0.29) is 12.5 Å². The SMILES string of the molecule is CCOc1ccc(N=C2NC(=O)/C(=C\c3cc(I)c(OCC(=O)OC)c(I)c3)S2)cc1. The van der Waals surface area contributed by atoms with E-state index in [0.717, 1.165) is 24.1 Å². The second-order valence-electron chi connectivity index (χ2n) is 6.09. The first-order chi connectivity index (χ1) is 14.9. The number of nitrogens with one attached hydrogen (secondary N) is 1. The molecular formula is C21H18I2N2O5S. The molecule has 0 aliphatic carbocycles. The minimum absolute atomic E-state index is 0.160. The molecule has 0 spiro atoms.